The molecular formula is C32H30N4. The molecule has 1 aliphatic carbocycles. The molecule has 3 aromatic heterocycles. The van der Waals surface area contributed by atoms with Gasteiger partial charge in [0.2, 0.25) is 0 Å². The molecule has 3 heterocycles. The van der Waals surface area contributed by atoms with E-state index < -0.39 is 0 Å². The van der Waals surface area contributed by atoms with Crippen molar-refractivity contribution in [1.29, 1.82) is 0 Å². The fraction of sp³-hybridized carbons (Fsp3) is 0.219. The van der Waals surface area contributed by atoms with Crippen molar-refractivity contribution >= 4 is 16.6 Å². The number of fused-ring (bicyclic) bond motifs is 1. The Bertz CT molecular complexity index is 1490. The van der Waals surface area contributed by atoms with Gasteiger partial charge in [-0.1, -0.05) is 48.5 Å². The van der Waals surface area contributed by atoms with Crippen molar-refractivity contribution in [2.24, 2.45) is 0 Å². The third kappa shape index (κ3) is 4.47. The Morgan fingerprint density at radius 1 is 0.806 bits per heavy atom. The zero-order chi connectivity index (χ0) is 24.5. The van der Waals surface area contributed by atoms with Crippen LogP contribution in [0.15, 0.2) is 97.3 Å². The predicted octanol–water partition coefficient (Wildman–Crippen LogP) is 7.65. The Morgan fingerprint density at radius 3 is 2.33 bits per heavy atom. The van der Waals surface area contributed by atoms with Crippen LogP contribution in [-0.4, -0.2) is 21.0 Å². The molecule has 0 aliphatic heterocycles. The van der Waals surface area contributed by atoms with Gasteiger partial charge in [-0.25, -0.2) is 4.98 Å². The maximum Gasteiger partial charge on any atom is 0.0748 e. The quantitative estimate of drug-likeness (QED) is 0.245. The molecule has 0 bridgehead atoms. The van der Waals surface area contributed by atoms with Gasteiger partial charge in [0, 0.05) is 53.1 Å². The van der Waals surface area contributed by atoms with E-state index in [2.05, 4.69) is 84.4 Å². The van der Waals surface area contributed by atoms with Crippen LogP contribution >= 0.6 is 0 Å². The maximum atomic E-state index is 5.10. The number of para-hydroxylation sites is 1. The largest absolute Gasteiger partial charge is 0.364 e. The Labute approximate surface area is 212 Å². The third-order valence-corrected chi connectivity index (χ3v) is 6.97. The van der Waals surface area contributed by atoms with E-state index in [4.69, 9.17) is 9.97 Å². The van der Waals surface area contributed by atoms with Crippen molar-refractivity contribution in [3.8, 4) is 22.5 Å². The van der Waals surface area contributed by atoms with Crippen molar-refractivity contribution in [1.82, 2.24) is 15.0 Å². The third-order valence-electron chi connectivity index (χ3n) is 6.97. The molecule has 0 unspecified atom stereocenters. The summed E-state index contributed by atoms with van der Waals surface area (Å²) in [5.74, 6) is 0.566. The highest BCUT2D eigenvalue weighted by molar-refractivity contribution is 5.94. The van der Waals surface area contributed by atoms with Crippen molar-refractivity contribution in [2.45, 2.75) is 45.2 Å². The van der Waals surface area contributed by atoms with Gasteiger partial charge in [0.15, 0.2) is 0 Å². The van der Waals surface area contributed by atoms with Crippen LogP contribution in [0.5, 0.6) is 0 Å². The summed E-state index contributed by atoms with van der Waals surface area (Å²) in [7, 11) is 0. The summed E-state index contributed by atoms with van der Waals surface area (Å²) >= 11 is 0. The second kappa shape index (κ2) is 9.54. The fourth-order valence-electron chi connectivity index (χ4n) is 4.91. The molecular weight excluding hydrogens is 440 g/mol. The average Bonchev–Trinajstić information content (AvgIpc) is 3.78. The molecule has 0 radical (unpaired) electrons. The smallest absolute Gasteiger partial charge is 0.0748 e. The number of nitrogens with zero attached hydrogens (tertiary/aromatic N) is 4. The standard InChI is InChI=1S/C32H30N4/c1-22(2)36(21-23-12-14-24(15-13-23)28-10-5-6-18-33-28)31-20-30(35-29-11-4-3-8-26(29)31)27-9-7-19-34-32(27)25-16-17-25/h3-15,18-20,22,25H,16-17,21H2,1-2H3. The molecule has 178 valence electrons. The van der Waals surface area contributed by atoms with E-state index in [1.807, 2.05) is 36.7 Å². The molecule has 6 rings (SSSR count). The highest BCUT2D eigenvalue weighted by Gasteiger charge is 2.28. The Kier molecular flexibility index (Phi) is 5.94. The van der Waals surface area contributed by atoms with Crippen molar-refractivity contribution in [3.63, 3.8) is 0 Å². The maximum absolute atomic E-state index is 5.10. The van der Waals surface area contributed by atoms with Crippen molar-refractivity contribution in [2.75, 3.05) is 4.90 Å². The summed E-state index contributed by atoms with van der Waals surface area (Å²) in [5.41, 5.74) is 8.99. The lowest BCUT2D eigenvalue weighted by Gasteiger charge is -2.31. The van der Waals surface area contributed by atoms with Crippen molar-refractivity contribution in [3.05, 3.63) is 109 Å². The van der Waals surface area contributed by atoms with Crippen LogP contribution in [0.4, 0.5) is 5.69 Å². The number of anilines is 1. The summed E-state index contributed by atoms with van der Waals surface area (Å²) in [4.78, 5) is 16.8. The first-order valence-electron chi connectivity index (χ1n) is 12.8. The molecule has 36 heavy (non-hydrogen) atoms. The summed E-state index contributed by atoms with van der Waals surface area (Å²) in [6.45, 7) is 5.34. The number of benzene rings is 2. The van der Waals surface area contributed by atoms with Crippen LogP contribution < -0.4 is 4.90 Å². The number of rotatable bonds is 7. The molecule has 4 nitrogen and oxygen atoms in total. The van der Waals surface area contributed by atoms with E-state index in [0.717, 1.165) is 34.6 Å². The fourth-order valence-corrected chi connectivity index (χ4v) is 4.91. The Hall–Kier alpha value is -4.05. The van der Waals surface area contributed by atoms with Crippen LogP contribution in [0.2, 0.25) is 0 Å². The van der Waals surface area contributed by atoms with Crippen LogP contribution in [-0.2, 0) is 6.54 Å². The van der Waals surface area contributed by atoms with Gasteiger partial charge in [-0.05, 0) is 68.7 Å². The second-order valence-electron chi connectivity index (χ2n) is 9.89. The number of pyridine rings is 3. The molecule has 2 aromatic carbocycles. The zero-order valence-corrected chi connectivity index (χ0v) is 20.8. The van der Waals surface area contributed by atoms with Gasteiger partial charge in [-0.3, -0.25) is 9.97 Å². The minimum atomic E-state index is 0.316. The minimum absolute atomic E-state index is 0.316. The van der Waals surface area contributed by atoms with Crippen molar-refractivity contribution < 1.29 is 0 Å². The van der Waals surface area contributed by atoms with E-state index in [0.29, 0.717) is 12.0 Å². The number of aromatic nitrogens is 3. The highest BCUT2D eigenvalue weighted by atomic mass is 15.2. The van der Waals surface area contributed by atoms with Crippen LogP contribution in [0.3, 0.4) is 0 Å². The first-order valence-corrected chi connectivity index (χ1v) is 12.8. The van der Waals surface area contributed by atoms with Gasteiger partial charge >= 0.3 is 0 Å². The first-order chi connectivity index (χ1) is 17.7. The van der Waals surface area contributed by atoms with E-state index in [1.54, 1.807) is 0 Å². The normalized spacial score (nSPS) is 13.3. The van der Waals surface area contributed by atoms with E-state index in [9.17, 15) is 0 Å². The number of hydrogen-bond donors (Lipinski definition) is 0. The van der Waals surface area contributed by atoms with Gasteiger partial charge in [-0.15, -0.1) is 0 Å². The Balaban J connectivity index is 1.40. The Morgan fingerprint density at radius 2 is 1.58 bits per heavy atom. The predicted molar refractivity (Wildman–Crippen MR) is 148 cm³/mol. The van der Waals surface area contributed by atoms with Gasteiger partial charge in [-0.2, -0.15) is 0 Å². The molecule has 0 amide bonds. The molecule has 0 saturated heterocycles. The number of hydrogen-bond acceptors (Lipinski definition) is 4. The molecule has 0 N–H and O–H groups in total. The van der Waals surface area contributed by atoms with E-state index in [-0.39, 0.29) is 0 Å². The topological polar surface area (TPSA) is 41.9 Å². The molecule has 5 aromatic rings. The minimum Gasteiger partial charge on any atom is -0.364 e. The molecule has 4 heteroatoms. The molecule has 1 saturated carbocycles. The molecule has 1 fully saturated rings. The first kappa shape index (κ1) is 22.4. The van der Waals surface area contributed by atoms with Gasteiger partial charge in [0.1, 0.15) is 0 Å². The summed E-state index contributed by atoms with van der Waals surface area (Å²) < 4.78 is 0. The highest BCUT2D eigenvalue weighted by Crippen LogP contribution is 2.44. The SMILES string of the molecule is CC(C)N(Cc1ccc(-c2ccccn2)cc1)c1cc(-c2cccnc2C2CC2)nc2ccccc12. The summed E-state index contributed by atoms with van der Waals surface area (Å²) in [5, 5.41) is 1.18. The van der Waals surface area contributed by atoms with Crippen LogP contribution in [0.25, 0.3) is 33.4 Å². The van der Waals surface area contributed by atoms with Gasteiger partial charge in [0.05, 0.1) is 22.6 Å². The lowest BCUT2D eigenvalue weighted by atomic mass is 10.0. The lowest BCUT2D eigenvalue weighted by Crippen LogP contribution is -2.30. The van der Waals surface area contributed by atoms with Crippen LogP contribution in [0, 0.1) is 0 Å². The second-order valence-corrected chi connectivity index (χ2v) is 9.89. The van der Waals surface area contributed by atoms with E-state index >= 15 is 0 Å². The average molecular weight is 471 g/mol. The van der Waals surface area contributed by atoms with Gasteiger partial charge < -0.3 is 4.90 Å². The molecule has 0 atom stereocenters. The lowest BCUT2D eigenvalue weighted by molar-refractivity contribution is 0.685. The molecule has 0 spiro atoms. The van der Waals surface area contributed by atoms with E-state index in [1.165, 1.54) is 35.2 Å². The molecule has 1 aliphatic rings. The zero-order valence-electron chi connectivity index (χ0n) is 20.8. The summed E-state index contributed by atoms with van der Waals surface area (Å²) in [6.07, 6.45) is 6.19. The monoisotopic (exact) mass is 470 g/mol. The van der Waals surface area contributed by atoms with Crippen LogP contribution in [0.1, 0.15) is 43.9 Å². The summed E-state index contributed by atoms with van der Waals surface area (Å²) in [6, 6.07) is 30.1. The van der Waals surface area contributed by atoms with Gasteiger partial charge in [0.25, 0.3) is 0 Å².